The van der Waals surface area contributed by atoms with E-state index < -0.39 is 28.9 Å². The normalized spacial score (nSPS) is 23.1. The van der Waals surface area contributed by atoms with Gasteiger partial charge in [0.05, 0.1) is 16.3 Å². The van der Waals surface area contributed by atoms with E-state index in [4.69, 9.17) is 4.84 Å². The van der Waals surface area contributed by atoms with Crippen molar-refractivity contribution in [1.29, 1.82) is 0 Å². The number of para-hydroxylation sites is 1. The zero-order chi connectivity index (χ0) is 20.8. The summed E-state index contributed by atoms with van der Waals surface area (Å²) in [6.07, 6.45) is -0.958. The van der Waals surface area contributed by atoms with Crippen LogP contribution in [0.2, 0.25) is 0 Å². The number of nitro benzene ring substituents is 1. The van der Waals surface area contributed by atoms with Gasteiger partial charge in [0.1, 0.15) is 12.0 Å². The Bertz CT molecular complexity index is 1120. The number of thiophene rings is 1. The molecule has 0 bridgehead atoms. The van der Waals surface area contributed by atoms with Crippen molar-refractivity contribution in [3.63, 3.8) is 0 Å². The summed E-state index contributed by atoms with van der Waals surface area (Å²) in [5.41, 5.74) is 0.943. The van der Waals surface area contributed by atoms with E-state index in [1.54, 1.807) is 5.06 Å². The van der Waals surface area contributed by atoms with Gasteiger partial charge in [-0.25, -0.2) is 9.96 Å². The number of benzene rings is 2. The molecule has 2 aliphatic rings. The van der Waals surface area contributed by atoms with E-state index in [9.17, 15) is 19.7 Å². The number of amides is 2. The molecule has 3 heterocycles. The lowest BCUT2D eigenvalue weighted by Crippen LogP contribution is -2.37. The van der Waals surface area contributed by atoms with Crippen LogP contribution in [-0.2, 0) is 14.4 Å². The average molecular weight is 421 g/mol. The van der Waals surface area contributed by atoms with Gasteiger partial charge in [0.25, 0.3) is 11.6 Å². The van der Waals surface area contributed by atoms with Crippen LogP contribution < -0.4 is 9.96 Å². The van der Waals surface area contributed by atoms with E-state index in [-0.39, 0.29) is 11.6 Å². The second kappa shape index (κ2) is 7.05. The average Bonchev–Trinajstić information content (AvgIpc) is 3.46. The molecule has 3 atom stereocenters. The molecule has 150 valence electrons. The molecule has 5 rings (SSSR count). The van der Waals surface area contributed by atoms with Crippen LogP contribution in [0.25, 0.3) is 0 Å². The highest BCUT2D eigenvalue weighted by atomic mass is 32.1. The number of hydrogen-bond acceptors (Lipinski definition) is 7. The number of hydrogen-bond donors (Lipinski definition) is 0. The first-order valence-electron chi connectivity index (χ1n) is 9.23. The van der Waals surface area contributed by atoms with Crippen LogP contribution in [0.15, 0.2) is 72.1 Å². The molecular formula is C21H15N3O5S. The van der Waals surface area contributed by atoms with Gasteiger partial charge in [-0.1, -0.05) is 24.3 Å². The van der Waals surface area contributed by atoms with Crippen molar-refractivity contribution in [2.45, 2.75) is 12.1 Å². The molecule has 3 aromatic rings. The summed E-state index contributed by atoms with van der Waals surface area (Å²) in [5.74, 6) is -1.57. The van der Waals surface area contributed by atoms with Gasteiger partial charge in [-0.3, -0.25) is 24.5 Å². The summed E-state index contributed by atoms with van der Waals surface area (Å²) in [6.45, 7) is 0. The van der Waals surface area contributed by atoms with E-state index >= 15 is 0 Å². The van der Waals surface area contributed by atoms with E-state index in [2.05, 4.69) is 0 Å². The minimum atomic E-state index is -0.958. The second-order valence-corrected chi connectivity index (χ2v) is 7.94. The molecule has 0 N–H and O–H groups in total. The number of carbonyl (C=O) groups is 2. The smallest absolute Gasteiger partial charge is 0.269 e. The molecule has 1 aromatic heterocycles. The quantitative estimate of drug-likeness (QED) is 0.362. The second-order valence-electron chi connectivity index (χ2n) is 6.96. The summed E-state index contributed by atoms with van der Waals surface area (Å²) in [7, 11) is 0. The van der Waals surface area contributed by atoms with Gasteiger partial charge < -0.3 is 0 Å². The van der Waals surface area contributed by atoms with Crippen molar-refractivity contribution in [2.75, 3.05) is 9.96 Å². The minimum Gasteiger partial charge on any atom is -0.273 e. The molecule has 2 amide bonds. The van der Waals surface area contributed by atoms with Gasteiger partial charge in [-0.2, -0.15) is 0 Å². The van der Waals surface area contributed by atoms with Crippen LogP contribution in [-0.4, -0.2) is 22.8 Å². The Labute approximate surface area is 175 Å². The first-order valence-corrected chi connectivity index (χ1v) is 10.1. The first kappa shape index (κ1) is 18.5. The molecule has 2 aromatic carbocycles. The fourth-order valence-electron chi connectivity index (χ4n) is 3.94. The van der Waals surface area contributed by atoms with Crippen molar-refractivity contribution in [1.82, 2.24) is 0 Å². The maximum atomic E-state index is 13.4. The maximum absolute atomic E-state index is 13.4. The van der Waals surface area contributed by atoms with Gasteiger partial charge in [-0.15, -0.1) is 11.3 Å². The fraction of sp³-hybridized carbons (Fsp3) is 0.143. The minimum absolute atomic E-state index is 0.110. The SMILES string of the molecule is O=C1[C@@H]2[C@@H](c3cccs3)N(c3ccccc3)O[C@H]2C(=O)N1c1ccc([N+](=O)[O-])cc1. The standard InChI is InChI=1S/C21H15N3O5S/c25-20-17-18(16-7-4-12-30-16)23(14-5-2-1-3-6-14)29-19(17)21(26)22(20)13-8-10-15(11-9-13)24(27)28/h1-12,17-19H/t17-,18-,19-/m1/s1. The van der Waals surface area contributed by atoms with Crippen LogP contribution in [0.3, 0.4) is 0 Å². The predicted molar refractivity (Wildman–Crippen MR) is 110 cm³/mol. The van der Waals surface area contributed by atoms with Crippen molar-refractivity contribution in [2.24, 2.45) is 5.92 Å². The maximum Gasteiger partial charge on any atom is 0.269 e. The fourth-order valence-corrected chi connectivity index (χ4v) is 4.79. The van der Waals surface area contributed by atoms with Gasteiger partial charge in [-0.05, 0) is 35.7 Å². The van der Waals surface area contributed by atoms with Crippen molar-refractivity contribution < 1.29 is 19.3 Å². The topological polar surface area (TPSA) is 93.0 Å². The lowest BCUT2D eigenvalue weighted by Gasteiger charge is -2.27. The van der Waals surface area contributed by atoms with Gasteiger partial charge in [0, 0.05) is 17.0 Å². The van der Waals surface area contributed by atoms with Gasteiger partial charge >= 0.3 is 0 Å². The number of fused-ring (bicyclic) bond motifs is 1. The highest BCUT2D eigenvalue weighted by Crippen LogP contribution is 2.48. The van der Waals surface area contributed by atoms with E-state index in [1.807, 2.05) is 47.8 Å². The number of anilines is 2. The van der Waals surface area contributed by atoms with Crippen LogP contribution in [0.5, 0.6) is 0 Å². The lowest BCUT2D eigenvalue weighted by atomic mass is 9.95. The highest BCUT2D eigenvalue weighted by Gasteiger charge is 2.60. The summed E-state index contributed by atoms with van der Waals surface area (Å²) in [4.78, 5) is 44.9. The third kappa shape index (κ3) is 2.78. The van der Waals surface area contributed by atoms with Crippen LogP contribution >= 0.6 is 11.3 Å². The zero-order valence-corrected chi connectivity index (χ0v) is 16.3. The number of non-ortho nitro benzene ring substituents is 1. The Kier molecular flexibility index (Phi) is 4.34. The molecule has 9 heteroatoms. The number of rotatable bonds is 4. The number of nitrogens with zero attached hydrogens (tertiary/aromatic N) is 3. The van der Waals surface area contributed by atoms with Gasteiger partial charge in [0.15, 0.2) is 6.10 Å². The summed E-state index contributed by atoms with van der Waals surface area (Å²) >= 11 is 1.49. The van der Waals surface area contributed by atoms with Crippen molar-refractivity contribution in [3.8, 4) is 0 Å². The lowest BCUT2D eigenvalue weighted by molar-refractivity contribution is -0.384. The van der Waals surface area contributed by atoms with Gasteiger partial charge in [0.2, 0.25) is 5.91 Å². The first-order chi connectivity index (χ1) is 14.6. The third-order valence-corrected chi connectivity index (χ3v) is 6.22. The molecule has 0 saturated carbocycles. The third-order valence-electron chi connectivity index (χ3n) is 5.28. The van der Waals surface area contributed by atoms with E-state index in [1.165, 1.54) is 35.6 Å². The Balaban J connectivity index is 1.53. The molecule has 8 nitrogen and oxygen atoms in total. The molecule has 0 unspecified atom stereocenters. The Morgan fingerprint density at radius 1 is 0.900 bits per heavy atom. The largest absolute Gasteiger partial charge is 0.273 e. The highest BCUT2D eigenvalue weighted by molar-refractivity contribution is 7.10. The van der Waals surface area contributed by atoms with Crippen LogP contribution in [0.4, 0.5) is 17.1 Å². The molecule has 2 saturated heterocycles. The molecular weight excluding hydrogens is 406 g/mol. The zero-order valence-electron chi connectivity index (χ0n) is 15.5. The Morgan fingerprint density at radius 3 is 2.27 bits per heavy atom. The number of hydroxylamine groups is 1. The van der Waals surface area contributed by atoms with Crippen LogP contribution in [0, 0.1) is 16.0 Å². The molecule has 0 spiro atoms. The van der Waals surface area contributed by atoms with E-state index in [0.29, 0.717) is 5.69 Å². The van der Waals surface area contributed by atoms with Crippen molar-refractivity contribution in [3.05, 3.63) is 87.1 Å². The monoisotopic (exact) mass is 421 g/mol. The molecule has 0 radical (unpaired) electrons. The predicted octanol–water partition coefficient (Wildman–Crippen LogP) is 3.71. The number of carbonyl (C=O) groups excluding carboxylic acids is 2. The summed E-state index contributed by atoms with van der Waals surface area (Å²) in [5, 5.41) is 14.5. The summed E-state index contributed by atoms with van der Waals surface area (Å²) < 4.78 is 0. The van der Waals surface area contributed by atoms with E-state index in [0.717, 1.165) is 15.5 Å². The number of imide groups is 1. The molecule has 2 aliphatic heterocycles. The summed E-state index contributed by atoms with van der Waals surface area (Å²) in [6, 6.07) is 18.1. The molecule has 0 aliphatic carbocycles. The Morgan fingerprint density at radius 2 is 1.63 bits per heavy atom. The molecule has 30 heavy (non-hydrogen) atoms. The van der Waals surface area contributed by atoms with Crippen molar-refractivity contribution >= 4 is 40.2 Å². The molecule has 2 fully saturated rings. The number of nitro groups is 1. The Hall–Kier alpha value is -3.56. The van der Waals surface area contributed by atoms with Crippen LogP contribution in [0.1, 0.15) is 10.9 Å².